The molecule has 0 aliphatic heterocycles. The number of benzene rings is 3. The molecule has 3 rings (SSSR count). The van der Waals surface area contributed by atoms with Crippen LogP contribution in [0.3, 0.4) is 0 Å². The fourth-order valence-corrected chi connectivity index (χ4v) is 2.90. The third kappa shape index (κ3) is 6.38. The minimum atomic E-state index is -4.51. The summed E-state index contributed by atoms with van der Waals surface area (Å²) in [6.07, 6.45) is -4.51. The van der Waals surface area contributed by atoms with Gasteiger partial charge in [-0.15, -0.1) is 0 Å². The zero-order valence-electron chi connectivity index (χ0n) is 16.2. The molecule has 0 spiro atoms. The molecular formula is C22H15Cl2F3N2O3. The van der Waals surface area contributed by atoms with Crippen LogP contribution in [-0.2, 0) is 11.0 Å². The van der Waals surface area contributed by atoms with E-state index in [0.29, 0.717) is 21.5 Å². The first kappa shape index (κ1) is 23.4. The van der Waals surface area contributed by atoms with E-state index in [1.807, 2.05) is 0 Å². The standard InChI is InChI=1S/C22H15Cl2F3N2O3/c23-18-9-6-16(11-19(18)24)28-20(30)12-32-17-7-4-13(5-8-17)21(31)29-15-3-1-2-14(10-15)22(25,26)27/h1-11H,12H2,(H,28,30)(H,29,31). The van der Waals surface area contributed by atoms with Crippen LogP contribution in [0.25, 0.3) is 0 Å². The fourth-order valence-electron chi connectivity index (χ4n) is 2.60. The second-order valence-corrected chi connectivity index (χ2v) is 7.34. The normalized spacial score (nSPS) is 11.0. The monoisotopic (exact) mass is 482 g/mol. The Morgan fingerprint density at radius 2 is 1.53 bits per heavy atom. The van der Waals surface area contributed by atoms with Gasteiger partial charge < -0.3 is 15.4 Å². The molecule has 2 N–H and O–H groups in total. The molecule has 166 valence electrons. The molecule has 0 saturated carbocycles. The van der Waals surface area contributed by atoms with Gasteiger partial charge in [-0.1, -0.05) is 29.3 Å². The van der Waals surface area contributed by atoms with E-state index >= 15 is 0 Å². The zero-order chi connectivity index (χ0) is 23.3. The van der Waals surface area contributed by atoms with E-state index in [-0.39, 0.29) is 17.9 Å². The summed E-state index contributed by atoms with van der Waals surface area (Å²) in [6, 6.07) is 14.7. The third-order valence-corrected chi connectivity index (χ3v) is 4.88. The molecule has 0 bridgehead atoms. The summed E-state index contributed by atoms with van der Waals surface area (Å²) in [5.74, 6) is -0.701. The predicted octanol–water partition coefficient (Wildman–Crippen LogP) is 6.28. The molecule has 0 aromatic heterocycles. The van der Waals surface area contributed by atoms with Gasteiger partial charge in [0.05, 0.1) is 15.6 Å². The summed E-state index contributed by atoms with van der Waals surface area (Å²) in [4.78, 5) is 24.3. The van der Waals surface area contributed by atoms with Crippen molar-refractivity contribution < 1.29 is 27.5 Å². The number of alkyl halides is 3. The quantitative estimate of drug-likeness (QED) is 0.434. The maximum absolute atomic E-state index is 12.8. The molecule has 0 unspecified atom stereocenters. The molecule has 0 aliphatic carbocycles. The number of anilines is 2. The van der Waals surface area contributed by atoms with Crippen LogP contribution in [0.15, 0.2) is 66.7 Å². The van der Waals surface area contributed by atoms with Crippen LogP contribution < -0.4 is 15.4 Å². The average Bonchev–Trinajstić information content (AvgIpc) is 2.75. The SMILES string of the molecule is O=C(COc1ccc(C(=O)Nc2cccc(C(F)(F)F)c2)cc1)Nc1ccc(Cl)c(Cl)c1. The van der Waals surface area contributed by atoms with E-state index in [1.54, 1.807) is 12.1 Å². The Labute approximate surface area is 191 Å². The summed E-state index contributed by atoms with van der Waals surface area (Å²) >= 11 is 11.7. The number of rotatable bonds is 6. The molecule has 3 aromatic rings. The molecule has 2 amide bonds. The highest BCUT2D eigenvalue weighted by Gasteiger charge is 2.30. The first-order valence-electron chi connectivity index (χ1n) is 9.08. The molecule has 0 heterocycles. The van der Waals surface area contributed by atoms with Crippen LogP contribution >= 0.6 is 23.2 Å². The van der Waals surface area contributed by atoms with Crippen LogP contribution in [0, 0.1) is 0 Å². The molecule has 3 aromatic carbocycles. The zero-order valence-corrected chi connectivity index (χ0v) is 17.7. The number of nitrogens with one attached hydrogen (secondary N) is 2. The second-order valence-electron chi connectivity index (χ2n) is 6.52. The van der Waals surface area contributed by atoms with Crippen LogP contribution in [0.5, 0.6) is 5.75 Å². The minimum Gasteiger partial charge on any atom is -0.484 e. The highest BCUT2D eigenvalue weighted by atomic mass is 35.5. The van der Waals surface area contributed by atoms with Crippen molar-refractivity contribution >= 4 is 46.4 Å². The molecule has 0 saturated heterocycles. The predicted molar refractivity (Wildman–Crippen MR) is 116 cm³/mol. The van der Waals surface area contributed by atoms with E-state index in [9.17, 15) is 22.8 Å². The largest absolute Gasteiger partial charge is 0.484 e. The maximum Gasteiger partial charge on any atom is 0.416 e. The molecule has 0 radical (unpaired) electrons. The second kappa shape index (κ2) is 9.93. The van der Waals surface area contributed by atoms with Crippen molar-refractivity contribution in [2.45, 2.75) is 6.18 Å². The first-order valence-corrected chi connectivity index (χ1v) is 9.84. The van der Waals surface area contributed by atoms with Crippen molar-refractivity contribution in [1.82, 2.24) is 0 Å². The van der Waals surface area contributed by atoms with Gasteiger partial charge in [0.15, 0.2) is 6.61 Å². The number of hydrogen-bond acceptors (Lipinski definition) is 3. The average molecular weight is 483 g/mol. The van der Waals surface area contributed by atoms with E-state index in [2.05, 4.69) is 10.6 Å². The van der Waals surface area contributed by atoms with Gasteiger partial charge in [0.2, 0.25) is 0 Å². The van der Waals surface area contributed by atoms with Gasteiger partial charge in [0.1, 0.15) is 5.75 Å². The van der Waals surface area contributed by atoms with Gasteiger partial charge in [-0.25, -0.2) is 0 Å². The highest BCUT2D eigenvalue weighted by molar-refractivity contribution is 6.42. The van der Waals surface area contributed by atoms with Crippen molar-refractivity contribution in [3.63, 3.8) is 0 Å². The van der Waals surface area contributed by atoms with Gasteiger partial charge in [-0.2, -0.15) is 13.2 Å². The minimum absolute atomic E-state index is 0.0177. The fraction of sp³-hybridized carbons (Fsp3) is 0.0909. The van der Waals surface area contributed by atoms with E-state index in [1.165, 1.54) is 42.5 Å². The van der Waals surface area contributed by atoms with Gasteiger partial charge in [0, 0.05) is 16.9 Å². The number of carbonyl (C=O) groups excluding carboxylic acids is 2. The summed E-state index contributed by atoms with van der Waals surface area (Å²) in [5, 5.41) is 5.67. The highest BCUT2D eigenvalue weighted by Crippen LogP contribution is 2.31. The number of ether oxygens (including phenoxy) is 1. The maximum atomic E-state index is 12.8. The lowest BCUT2D eigenvalue weighted by molar-refractivity contribution is -0.137. The summed E-state index contributed by atoms with van der Waals surface area (Å²) in [5.41, 5.74) is -0.188. The van der Waals surface area contributed by atoms with E-state index in [0.717, 1.165) is 12.1 Å². The number of halogens is 5. The van der Waals surface area contributed by atoms with Gasteiger partial charge in [-0.05, 0) is 60.7 Å². The van der Waals surface area contributed by atoms with Crippen molar-refractivity contribution in [2.75, 3.05) is 17.2 Å². The molecule has 10 heteroatoms. The Balaban J connectivity index is 1.54. The van der Waals surface area contributed by atoms with Crippen molar-refractivity contribution in [1.29, 1.82) is 0 Å². The molecule has 0 atom stereocenters. The third-order valence-electron chi connectivity index (χ3n) is 4.14. The Morgan fingerprint density at radius 1 is 0.844 bits per heavy atom. The summed E-state index contributed by atoms with van der Waals surface area (Å²) < 4.78 is 43.7. The van der Waals surface area contributed by atoms with Crippen LogP contribution in [0.2, 0.25) is 10.0 Å². The van der Waals surface area contributed by atoms with Crippen LogP contribution in [-0.4, -0.2) is 18.4 Å². The Hall–Kier alpha value is -3.23. The van der Waals surface area contributed by atoms with E-state index < -0.39 is 23.6 Å². The smallest absolute Gasteiger partial charge is 0.416 e. The topological polar surface area (TPSA) is 67.4 Å². The van der Waals surface area contributed by atoms with Crippen molar-refractivity contribution in [2.24, 2.45) is 0 Å². The Kier molecular flexibility index (Phi) is 7.27. The number of carbonyl (C=O) groups is 2. The lowest BCUT2D eigenvalue weighted by atomic mass is 10.1. The molecular weight excluding hydrogens is 468 g/mol. The Morgan fingerprint density at radius 3 is 2.19 bits per heavy atom. The lowest BCUT2D eigenvalue weighted by Crippen LogP contribution is -2.20. The summed E-state index contributed by atoms with van der Waals surface area (Å²) in [7, 11) is 0. The van der Waals surface area contributed by atoms with Gasteiger partial charge >= 0.3 is 6.18 Å². The number of hydrogen-bond donors (Lipinski definition) is 2. The Bertz CT molecular complexity index is 1140. The number of amides is 2. The molecule has 0 fully saturated rings. The van der Waals surface area contributed by atoms with Crippen molar-refractivity contribution in [3.05, 3.63) is 87.9 Å². The van der Waals surface area contributed by atoms with Crippen LogP contribution in [0.4, 0.5) is 24.5 Å². The first-order chi connectivity index (χ1) is 15.1. The van der Waals surface area contributed by atoms with Gasteiger partial charge in [-0.3, -0.25) is 9.59 Å². The summed E-state index contributed by atoms with van der Waals surface area (Å²) in [6.45, 7) is -0.296. The molecule has 32 heavy (non-hydrogen) atoms. The lowest BCUT2D eigenvalue weighted by Gasteiger charge is -2.11. The molecule has 5 nitrogen and oxygen atoms in total. The molecule has 0 aliphatic rings. The van der Waals surface area contributed by atoms with Crippen molar-refractivity contribution in [3.8, 4) is 5.75 Å². The van der Waals surface area contributed by atoms with Gasteiger partial charge in [0.25, 0.3) is 11.8 Å². The van der Waals surface area contributed by atoms with Crippen LogP contribution in [0.1, 0.15) is 15.9 Å². The van der Waals surface area contributed by atoms with E-state index in [4.69, 9.17) is 27.9 Å².